The molecule has 2 unspecified atom stereocenters. The average molecular weight is 180 g/mol. The van der Waals surface area contributed by atoms with Crippen molar-refractivity contribution in [2.45, 2.75) is 38.3 Å². The minimum Gasteiger partial charge on any atom is -0.310 e. The van der Waals surface area contributed by atoms with Crippen molar-refractivity contribution in [2.75, 3.05) is 19.6 Å². The van der Waals surface area contributed by atoms with E-state index in [0.717, 1.165) is 18.6 Å². The maximum absolute atomic E-state index is 3.98. The van der Waals surface area contributed by atoms with Crippen molar-refractivity contribution in [3.8, 4) is 0 Å². The Hall–Kier alpha value is -0.340. The van der Waals surface area contributed by atoms with Crippen molar-refractivity contribution in [1.29, 1.82) is 0 Å². The molecule has 2 saturated heterocycles. The Morgan fingerprint density at radius 1 is 1.38 bits per heavy atom. The van der Waals surface area contributed by atoms with Gasteiger partial charge in [0.05, 0.1) is 0 Å². The predicted octanol–water partition coefficient (Wildman–Crippen LogP) is 1.39. The zero-order valence-corrected chi connectivity index (χ0v) is 8.55. The van der Waals surface area contributed by atoms with Crippen molar-refractivity contribution in [3.05, 3.63) is 12.2 Å². The lowest BCUT2D eigenvalue weighted by Crippen LogP contribution is -2.35. The van der Waals surface area contributed by atoms with Crippen molar-refractivity contribution < 1.29 is 0 Å². The fourth-order valence-corrected chi connectivity index (χ4v) is 2.54. The zero-order valence-electron chi connectivity index (χ0n) is 8.55. The number of fused-ring (bicyclic) bond motifs is 2. The predicted molar refractivity (Wildman–Crippen MR) is 55.8 cm³/mol. The van der Waals surface area contributed by atoms with Gasteiger partial charge in [-0.25, -0.2) is 0 Å². The third kappa shape index (κ3) is 2.32. The van der Waals surface area contributed by atoms with E-state index in [1.165, 1.54) is 37.9 Å². The van der Waals surface area contributed by atoms with Crippen LogP contribution in [0.1, 0.15) is 26.2 Å². The molecule has 2 heterocycles. The highest BCUT2D eigenvalue weighted by molar-refractivity contribution is 4.96. The van der Waals surface area contributed by atoms with Gasteiger partial charge in [0.1, 0.15) is 0 Å². The van der Waals surface area contributed by atoms with Crippen LogP contribution in [-0.4, -0.2) is 36.6 Å². The van der Waals surface area contributed by atoms with Gasteiger partial charge in [-0.1, -0.05) is 12.2 Å². The molecule has 2 aliphatic heterocycles. The molecule has 2 fully saturated rings. The molecule has 13 heavy (non-hydrogen) atoms. The number of hydrogen-bond donors (Lipinski definition) is 1. The molecule has 2 rings (SSSR count). The smallest absolute Gasteiger partial charge is 0.0198 e. The lowest BCUT2D eigenvalue weighted by molar-refractivity contribution is 0.279. The number of rotatable bonds is 2. The Bertz CT molecular complexity index is 200. The first-order valence-corrected chi connectivity index (χ1v) is 5.37. The summed E-state index contributed by atoms with van der Waals surface area (Å²) in [5.41, 5.74) is 1.29. The Morgan fingerprint density at radius 3 is 2.92 bits per heavy atom. The van der Waals surface area contributed by atoms with Crippen LogP contribution in [0.15, 0.2) is 12.2 Å². The van der Waals surface area contributed by atoms with Gasteiger partial charge in [-0.3, -0.25) is 4.90 Å². The third-order valence-corrected chi connectivity index (χ3v) is 3.10. The van der Waals surface area contributed by atoms with Gasteiger partial charge in [0.15, 0.2) is 0 Å². The SMILES string of the molecule is C=C(C)CN1CCC2CCC(C1)N2. The van der Waals surface area contributed by atoms with Gasteiger partial charge >= 0.3 is 0 Å². The largest absolute Gasteiger partial charge is 0.310 e. The summed E-state index contributed by atoms with van der Waals surface area (Å²) >= 11 is 0. The first-order chi connectivity index (χ1) is 6.24. The molecule has 0 amide bonds. The van der Waals surface area contributed by atoms with Crippen LogP contribution < -0.4 is 5.32 Å². The van der Waals surface area contributed by atoms with Crippen molar-refractivity contribution in [3.63, 3.8) is 0 Å². The van der Waals surface area contributed by atoms with Gasteiger partial charge in [-0.15, -0.1) is 0 Å². The minimum atomic E-state index is 0.756. The van der Waals surface area contributed by atoms with Crippen LogP contribution in [-0.2, 0) is 0 Å². The maximum Gasteiger partial charge on any atom is 0.0198 e. The molecular formula is C11H20N2. The molecule has 0 aliphatic carbocycles. The van der Waals surface area contributed by atoms with Gasteiger partial charge in [0.2, 0.25) is 0 Å². The Kier molecular flexibility index (Phi) is 2.70. The summed E-state index contributed by atoms with van der Waals surface area (Å²) < 4.78 is 0. The molecule has 2 nitrogen and oxygen atoms in total. The maximum atomic E-state index is 3.98. The fraction of sp³-hybridized carbons (Fsp3) is 0.818. The van der Waals surface area contributed by atoms with Gasteiger partial charge in [0, 0.05) is 31.7 Å². The van der Waals surface area contributed by atoms with E-state index in [2.05, 4.69) is 23.7 Å². The monoisotopic (exact) mass is 180 g/mol. The molecule has 2 heteroatoms. The second-order valence-corrected chi connectivity index (χ2v) is 4.62. The van der Waals surface area contributed by atoms with Crippen molar-refractivity contribution >= 4 is 0 Å². The summed E-state index contributed by atoms with van der Waals surface area (Å²) in [6.45, 7) is 9.67. The van der Waals surface area contributed by atoms with E-state index in [0.29, 0.717) is 0 Å². The Morgan fingerprint density at radius 2 is 2.15 bits per heavy atom. The lowest BCUT2D eigenvalue weighted by atomic mass is 10.1. The summed E-state index contributed by atoms with van der Waals surface area (Å²) in [6, 6.07) is 1.56. The number of nitrogens with one attached hydrogen (secondary N) is 1. The molecule has 2 atom stereocenters. The highest BCUT2D eigenvalue weighted by Gasteiger charge is 2.28. The number of likely N-dealkylation sites (tertiary alicyclic amines) is 1. The summed E-state index contributed by atoms with van der Waals surface area (Å²) in [4.78, 5) is 2.54. The summed E-state index contributed by atoms with van der Waals surface area (Å²) in [6.07, 6.45) is 4.09. The van der Waals surface area contributed by atoms with E-state index in [1.807, 2.05) is 0 Å². The van der Waals surface area contributed by atoms with Crippen LogP contribution in [0.25, 0.3) is 0 Å². The molecule has 1 N–H and O–H groups in total. The topological polar surface area (TPSA) is 15.3 Å². The summed E-state index contributed by atoms with van der Waals surface area (Å²) in [5.74, 6) is 0. The van der Waals surface area contributed by atoms with Gasteiger partial charge in [0.25, 0.3) is 0 Å². The van der Waals surface area contributed by atoms with Crippen LogP contribution in [0.3, 0.4) is 0 Å². The van der Waals surface area contributed by atoms with Crippen molar-refractivity contribution in [1.82, 2.24) is 10.2 Å². The average Bonchev–Trinajstić information content (AvgIpc) is 2.36. The van der Waals surface area contributed by atoms with Crippen LogP contribution in [0, 0.1) is 0 Å². The van der Waals surface area contributed by atoms with Crippen LogP contribution in [0.4, 0.5) is 0 Å². The molecule has 74 valence electrons. The van der Waals surface area contributed by atoms with E-state index in [-0.39, 0.29) is 0 Å². The molecule has 0 aromatic carbocycles. The van der Waals surface area contributed by atoms with E-state index in [9.17, 15) is 0 Å². The highest BCUT2D eigenvalue weighted by Crippen LogP contribution is 2.20. The molecular weight excluding hydrogens is 160 g/mol. The van der Waals surface area contributed by atoms with E-state index in [4.69, 9.17) is 0 Å². The lowest BCUT2D eigenvalue weighted by Gasteiger charge is -2.23. The fourth-order valence-electron chi connectivity index (χ4n) is 2.54. The number of nitrogens with zero attached hydrogens (tertiary/aromatic N) is 1. The second-order valence-electron chi connectivity index (χ2n) is 4.62. The number of hydrogen-bond acceptors (Lipinski definition) is 2. The van der Waals surface area contributed by atoms with E-state index in [1.54, 1.807) is 0 Å². The Labute approximate surface area is 81.0 Å². The normalized spacial score (nSPS) is 34.5. The molecule has 2 bridgehead atoms. The Balaban J connectivity index is 1.89. The van der Waals surface area contributed by atoms with E-state index >= 15 is 0 Å². The van der Waals surface area contributed by atoms with E-state index < -0.39 is 0 Å². The third-order valence-electron chi connectivity index (χ3n) is 3.10. The minimum absolute atomic E-state index is 0.756. The van der Waals surface area contributed by atoms with Crippen LogP contribution >= 0.6 is 0 Å². The summed E-state index contributed by atoms with van der Waals surface area (Å²) in [5, 5.41) is 3.68. The molecule has 0 aromatic heterocycles. The highest BCUT2D eigenvalue weighted by atomic mass is 15.2. The van der Waals surface area contributed by atoms with Crippen LogP contribution in [0.2, 0.25) is 0 Å². The molecule has 0 spiro atoms. The van der Waals surface area contributed by atoms with Crippen molar-refractivity contribution in [2.24, 2.45) is 0 Å². The van der Waals surface area contributed by atoms with Gasteiger partial charge in [-0.05, 0) is 26.2 Å². The quantitative estimate of drug-likeness (QED) is 0.646. The van der Waals surface area contributed by atoms with Crippen LogP contribution in [0.5, 0.6) is 0 Å². The first-order valence-electron chi connectivity index (χ1n) is 5.37. The van der Waals surface area contributed by atoms with Gasteiger partial charge < -0.3 is 5.32 Å². The molecule has 2 aliphatic rings. The zero-order chi connectivity index (χ0) is 9.26. The standard InChI is InChI=1S/C11H20N2/c1-9(2)7-13-6-5-10-3-4-11(8-13)12-10/h10-12H,1,3-8H2,2H3. The second kappa shape index (κ2) is 3.81. The van der Waals surface area contributed by atoms with Gasteiger partial charge in [-0.2, -0.15) is 0 Å². The molecule has 0 aromatic rings. The first kappa shape index (κ1) is 9.22. The molecule has 0 saturated carbocycles. The summed E-state index contributed by atoms with van der Waals surface area (Å²) in [7, 11) is 0. The molecule has 0 radical (unpaired) electrons.